The lowest BCUT2D eigenvalue weighted by Crippen LogP contribution is -2.28. The third kappa shape index (κ3) is 3.70. The fourth-order valence-electron chi connectivity index (χ4n) is 2.77. The highest BCUT2D eigenvalue weighted by molar-refractivity contribution is 7.13. The van der Waals surface area contributed by atoms with Crippen LogP contribution in [0.15, 0.2) is 11.6 Å². The van der Waals surface area contributed by atoms with Gasteiger partial charge in [0.1, 0.15) is 0 Å². The van der Waals surface area contributed by atoms with E-state index in [0.29, 0.717) is 5.41 Å². The summed E-state index contributed by atoms with van der Waals surface area (Å²) in [6.45, 7) is 8.24. The van der Waals surface area contributed by atoms with Gasteiger partial charge in [-0.15, -0.1) is 11.3 Å². The Morgan fingerprint density at radius 3 is 2.53 bits per heavy atom. The summed E-state index contributed by atoms with van der Waals surface area (Å²) in [5.41, 5.74) is 0.494. The molecule has 2 rings (SSSR count). The highest BCUT2D eigenvalue weighted by Crippen LogP contribution is 2.39. The van der Waals surface area contributed by atoms with Crippen LogP contribution in [0.1, 0.15) is 46.5 Å². The smallest absolute Gasteiger partial charge is 0.182 e. The minimum Gasteiger partial charge on any atom is -0.361 e. The summed E-state index contributed by atoms with van der Waals surface area (Å²) >= 11 is 1.69. The molecule has 3 heteroatoms. The Balaban J connectivity index is 1.72. The third-order valence-corrected chi connectivity index (χ3v) is 4.78. The van der Waals surface area contributed by atoms with Crippen molar-refractivity contribution in [1.82, 2.24) is 4.98 Å². The van der Waals surface area contributed by atoms with E-state index < -0.39 is 0 Å². The summed E-state index contributed by atoms with van der Waals surface area (Å²) in [5, 5.41) is 6.55. The van der Waals surface area contributed by atoms with Gasteiger partial charge in [0.15, 0.2) is 5.13 Å². The average molecular weight is 252 g/mol. The zero-order valence-corrected chi connectivity index (χ0v) is 12.0. The first kappa shape index (κ1) is 12.9. The van der Waals surface area contributed by atoms with Gasteiger partial charge in [-0.3, -0.25) is 0 Å². The SMILES string of the molecule is CC(C)(C)C1CCC(CNc2nccs2)CC1. The Hall–Kier alpha value is -0.570. The first-order valence-electron chi connectivity index (χ1n) is 6.69. The van der Waals surface area contributed by atoms with E-state index in [4.69, 9.17) is 0 Å². The van der Waals surface area contributed by atoms with Crippen molar-refractivity contribution in [3.8, 4) is 0 Å². The summed E-state index contributed by atoms with van der Waals surface area (Å²) in [6.07, 6.45) is 7.41. The zero-order chi connectivity index (χ0) is 12.3. The molecule has 0 bridgehead atoms. The van der Waals surface area contributed by atoms with Crippen LogP contribution in [0.4, 0.5) is 5.13 Å². The second-order valence-corrected chi connectivity index (χ2v) is 7.20. The number of nitrogens with zero attached hydrogens (tertiary/aromatic N) is 1. The molecule has 1 aromatic rings. The van der Waals surface area contributed by atoms with Gasteiger partial charge in [-0.25, -0.2) is 4.98 Å². The van der Waals surface area contributed by atoms with Gasteiger partial charge in [0.25, 0.3) is 0 Å². The van der Waals surface area contributed by atoms with Crippen molar-refractivity contribution >= 4 is 16.5 Å². The standard InChI is InChI=1S/C14H24N2S/c1-14(2,3)12-6-4-11(5-7-12)10-16-13-15-8-9-17-13/h8-9,11-12H,4-7,10H2,1-3H3,(H,15,16). The molecule has 1 aromatic heterocycles. The molecular weight excluding hydrogens is 228 g/mol. The highest BCUT2D eigenvalue weighted by Gasteiger charge is 2.29. The molecule has 1 fully saturated rings. The van der Waals surface area contributed by atoms with E-state index in [1.54, 1.807) is 11.3 Å². The Labute approximate surface area is 109 Å². The molecule has 0 spiro atoms. The van der Waals surface area contributed by atoms with Gasteiger partial charge in [-0.05, 0) is 42.9 Å². The topological polar surface area (TPSA) is 24.9 Å². The number of anilines is 1. The Kier molecular flexibility index (Phi) is 4.08. The van der Waals surface area contributed by atoms with Crippen molar-refractivity contribution in [3.05, 3.63) is 11.6 Å². The summed E-state index contributed by atoms with van der Waals surface area (Å²) in [7, 11) is 0. The molecule has 0 aliphatic heterocycles. The molecule has 2 nitrogen and oxygen atoms in total. The lowest BCUT2D eigenvalue weighted by Gasteiger charge is -2.37. The van der Waals surface area contributed by atoms with Crippen LogP contribution in [-0.2, 0) is 0 Å². The predicted octanol–water partition coefficient (Wildman–Crippen LogP) is 4.41. The molecule has 1 heterocycles. The van der Waals surface area contributed by atoms with Crippen molar-refractivity contribution in [3.63, 3.8) is 0 Å². The van der Waals surface area contributed by atoms with Gasteiger partial charge in [0, 0.05) is 18.1 Å². The highest BCUT2D eigenvalue weighted by atomic mass is 32.1. The summed E-state index contributed by atoms with van der Waals surface area (Å²) in [5.74, 6) is 1.76. The first-order valence-corrected chi connectivity index (χ1v) is 7.57. The Bertz CT molecular complexity index is 318. The van der Waals surface area contributed by atoms with E-state index in [2.05, 4.69) is 31.1 Å². The molecule has 1 N–H and O–H groups in total. The zero-order valence-electron chi connectivity index (χ0n) is 11.2. The lowest BCUT2D eigenvalue weighted by molar-refractivity contribution is 0.153. The number of thiazole rings is 1. The van der Waals surface area contributed by atoms with E-state index >= 15 is 0 Å². The van der Waals surface area contributed by atoms with Gasteiger partial charge < -0.3 is 5.32 Å². The maximum Gasteiger partial charge on any atom is 0.182 e. The molecule has 0 radical (unpaired) electrons. The van der Waals surface area contributed by atoms with E-state index in [1.165, 1.54) is 25.7 Å². The molecule has 1 aliphatic rings. The number of rotatable bonds is 3. The lowest BCUT2D eigenvalue weighted by atomic mass is 9.70. The number of hydrogen-bond donors (Lipinski definition) is 1. The van der Waals surface area contributed by atoms with E-state index in [0.717, 1.165) is 23.5 Å². The van der Waals surface area contributed by atoms with Crippen molar-refractivity contribution in [2.24, 2.45) is 17.3 Å². The van der Waals surface area contributed by atoms with Crippen LogP contribution in [0.25, 0.3) is 0 Å². The van der Waals surface area contributed by atoms with E-state index in [1.807, 2.05) is 11.6 Å². The average Bonchev–Trinajstić information content (AvgIpc) is 2.78. The maximum atomic E-state index is 4.26. The third-order valence-electron chi connectivity index (χ3n) is 4.05. The molecule has 0 saturated heterocycles. The molecule has 0 atom stereocenters. The van der Waals surface area contributed by atoms with E-state index in [9.17, 15) is 0 Å². The summed E-state index contributed by atoms with van der Waals surface area (Å²) in [6, 6.07) is 0. The van der Waals surface area contributed by atoms with Crippen molar-refractivity contribution in [1.29, 1.82) is 0 Å². The summed E-state index contributed by atoms with van der Waals surface area (Å²) < 4.78 is 0. The predicted molar refractivity (Wildman–Crippen MR) is 75.5 cm³/mol. The van der Waals surface area contributed by atoms with Crippen LogP contribution in [0, 0.1) is 17.3 Å². The maximum absolute atomic E-state index is 4.26. The molecular formula is C14H24N2S. The number of hydrogen-bond acceptors (Lipinski definition) is 3. The van der Waals surface area contributed by atoms with Gasteiger partial charge >= 0.3 is 0 Å². The molecule has 17 heavy (non-hydrogen) atoms. The fraction of sp³-hybridized carbons (Fsp3) is 0.786. The largest absolute Gasteiger partial charge is 0.361 e. The van der Waals surface area contributed by atoms with Crippen molar-refractivity contribution in [2.75, 3.05) is 11.9 Å². The minimum atomic E-state index is 0.494. The second-order valence-electron chi connectivity index (χ2n) is 6.30. The van der Waals surface area contributed by atoms with Crippen LogP contribution >= 0.6 is 11.3 Å². The van der Waals surface area contributed by atoms with Gasteiger partial charge in [-0.2, -0.15) is 0 Å². The van der Waals surface area contributed by atoms with Crippen LogP contribution < -0.4 is 5.32 Å². The van der Waals surface area contributed by atoms with E-state index in [-0.39, 0.29) is 0 Å². The molecule has 0 unspecified atom stereocenters. The van der Waals surface area contributed by atoms with Crippen LogP contribution in [0.5, 0.6) is 0 Å². The minimum absolute atomic E-state index is 0.494. The molecule has 1 aliphatic carbocycles. The molecule has 96 valence electrons. The monoisotopic (exact) mass is 252 g/mol. The quantitative estimate of drug-likeness (QED) is 0.862. The van der Waals surface area contributed by atoms with Crippen LogP contribution in [-0.4, -0.2) is 11.5 Å². The Morgan fingerprint density at radius 2 is 2.00 bits per heavy atom. The number of nitrogens with one attached hydrogen (secondary N) is 1. The normalized spacial score (nSPS) is 25.8. The molecule has 0 amide bonds. The van der Waals surface area contributed by atoms with Gasteiger partial charge in [0.05, 0.1) is 0 Å². The molecule has 1 saturated carbocycles. The fourth-order valence-corrected chi connectivity index (χ4v) is 3.31. The number of aromatic nitrogens is 1. The van der Waals surface area contributed by atoms with Gasteiger partial charge in [-0.1, -0.05) is 20.8 Å². The van der Waals surface area contributed by atoms with Crippen LogP contribution in [0.3, 0.4) is 0 Å². The summed E-state index contributed by atoms with van der Waals surface area (Å²) in [4.78, 5) is 4.26. The second kappa shape index (κ2) is 5.38. The first-order chi connectivity index (χ1) is 8.05. The Morgan fingerprint density at radius 1 is 1.29 bits per heavy atom. The van der Waals surface area contributed by atoms with Crippen molar-refractivity contribution in [2.45, 2.75) is 46.5 Å². The van der Waals surface area contributed by atoms with Gasteiger partial charge in [0.2, 0.25) is 0 Å². The van der Waals surface area contributed by atoms with Crippen molar-refractivity contribution < 1.29 is 0 Å². The van der Waals surface area contributed by atoms with Crippen LogP contribution in [0.2, 0.25) is 0 Å². The molecule has 0 aromatic carbocycles.